The van der Waals surface area contributed by atoms with Crippen molar-refractivity contribution < 1.29 is 14.7 Å². The average Bonchev–Trinajstić information content (AvgIpc) is 3.09. The Morgan fingerprint density at radius 3 is 2.65 bits per heavy atom. The van der Waals surface area contributed by atoms with Gasteiger partial charge in [0.25, 0.3) is 11.5 Å². The molecule has 156 valence electrons. The number of anilines is 1. The highest BCUT2D eigenvalue weighted by Crippen LogP contribution is 2.29. The Hall–Kier alpha value is -3.30. The molecule has 4 aromatic rings. The minimum Gasteiger partial charge on any atom is -0.478 e. The molecule has 0 saturated heterocycles. The second-order valence-corrected chi connectivity index (χ2v) is 8.76. The average molecular weight is 498 g/mol. The molecular formula is C22H16BrN3O4S. The summed E-state index contributed by atoms with van der Waals surface area (Å²) in [5.41, 5.74) is 1.40. The van der Waals surface area contributed by atoms with Gasteiger partial charge >= 0.3 is 5.97 Å². The molecule has 2 N–H and O–H groups in total. The van der Waals surface area contributed by atoms with Gasteiger partial charge in [-0.3, -0.25) is 14.2 Å². The number of carbonyl (C=O) groups excluding carboxylic acids is 1. The van der Waals surface area contributed by atoms with Crippen molar-refractivity contribution in [3.05, 3.63) is 91.3 Å². The molecule has 0 saturated carbocycles. The number of hydrogen-bond acceptors (Lipinski definition) is 5. The Morgan fingerprint density at radius 1 is 1.19 bits per heavy atom. The topological polar surface area (TPSA) is 101 Å². The van der Waals surface area contributed by atoms with E-state index in [1.54, 1.807) is 13.0 Å². The number of hydrogen-bond donors (Lipinski definition) is 2. The molecule has 2 aromatic carbocycles. The van der Waals surface area contributed by atoms with E-state index in [9.17, 15) is 19.5 Å². The van der Waals surface area contributed by atoms with Gasteiger partial charge in [0, 0.05) is 4.47 Å². The predicted molar refractivity (Wildman–Crippen MR) is 123 cm³/mol. The van der Waals surface area contributed by atoms with E-state index in [1.165, 1.54) is 23.0 Å². The third-order valence-corrected chi connectivity index (χ3v) is 6.47. The summed E-state index contributed by atoms with van der Waals surface area (Å²) in [5.74, 6) is -1.64. The van der Waals surface area contributed by atoms with E-state index in [0.717, 1.165) is 16.9 Å². The molecule has 4 rings (SSSR count). The van der Waals surface area contributed by atoms with Crippen LogP contribution in [0.2, 0.25) is 0 Å². The SMILES string of the molecule is Cc1c(C(=O)Nc2ccc(Br)cc2C(=O)O)sc2ncn(Cc3ccccc3)c(=O)c12. The van der Waals surface area contributed by atoms with Crippen LogP contribution in [0, 0.1) is 6.92 Å². The standard InChI is InChI=1S/C22H16BrN3O4S/c1-12-17-20(24-11-26(21(17)28)10-13-5-3-2-4-6-13)31-18(12)19(27)25-16-8-7-14(23)9-15(16)22(29)30/h2-9,11H,10H2,1H3,(H,25,27)(H,29,30). The third-order valence-electron chi connectivity index (χ3n) is 4.78. The largest absolute Gasteiger partial charge is 0.478 e. The lowest BCUT2D eigenvalue weighted by molar-refractivity contribution is 0.0698. The van der Waals surface area contributed by atoms with Crippen molar-refractivity contribution in [2.45, 2.75) is 13.5 Å². The summed E-state index contributed by atoms with van der Waals surface area (Å²) in [6.45, 7) is 2.07. The van der Waals surface area contributed by atoms with Crippen molar-refractivity contribution >= 4 is 55.0 Å². The van der Waals surface area contributed by atoms with Gasteiger partial charge in [-0.15, -0.1) is 11.3 Å². The number of benzene rings is 2. The molecule has 0 aliphatic rings. The number of aromatic carboxylic acids is 1. The van der Waals surface area contributed by atoms with Crippen molar-refractivity contribution in [1.82, 2.24) is 9.55 Å². The Labute approximate surface area is 189 Å². The zero-order chi connectivity index (χ0) is 22.1. The summed E-state index contributed by atoms with van der Waals surface area (Å²) >= 11 is 4.33. The Bertz CT molecular complexity index is 1380. The number of carbonyl (C=O) groups is 2. The lowest BCUT2D eigenvalue weighted by Gasteiger charge is -2.08. The molecule has 1 amide bonds. The van der Waals surface area contributed by atoms with Gasteiger partial charge in [0.05, 0.1) is 34.4 Å². The number of amides is 1. The van der Waals surface area contributed by atoms with Gasteiger partial charge in [-0.1, -0.05) is 46.3 Å². The first kappa shape index (κ1) is 21.0. The smallest absolute Gasteiger partial charge is 0.337 e. The van der Waals surface area contributed by atoms with Gasteiger partial charge in [-0.25, -0.2) is 9.78 Å². The number of rotatable bonds is 5. The van der Waals surface area contributed by atoms with Crippen LogP contribution in [0.15, 0.2) is 64.1 Å². The molecule has 0 atom stereocenters. The van der Waals surface area contributed by atoms with E-state index in [2.05, 4.69) is 26.2 Å². The van der Waals surface area contributed by atoms with E-state index in [4.69, 9.17) is 0 Å². The van der Waals surface area contributed by atoms with Gasteiger partial charge in [-0.05, 0) is 36.2 Å². The van der Waals surface area contributed by atoms with Crippen LogP contribution < -0.4 is 10.9 Å². The number of aryl methyl sites for hydroxylation is 1. The zero-order valence-corrected chi connectivity index (χ0v) is 18.7. The van der Waals surface area contributed by atoms with Crippen LogP contribution >= 0.6 is 27.3 Å². The number of aromatic nitrogens is 2. The minimum atomic E-state index is -1.16. The number of carboxylic acids is 1. The first-order chi connectivity index (χ1) is 14.8. The van der Waals surface area contributed by atoms with Crippen molar-refractivity contribution in [3.63, 3.8) is 0 Å². The van der Waals surface area contributed by atoms with E-state index in [1.807, 2.05) is 30.3 Å². The van der Waals surface area contributed by atoms with Crippen LogP contribution in [-0.4, -0.2) is 26.5 Å². The number of halogens is 1. The molecule has 2 heterocycles. The van der Waals surface area contributed by atoms with Crippen molar-refractivity contribution in [2.75, 3.05) is 5.32 Å². The molecule has 0 unspecified atom stereocenters. The molecule has 0 spiro atoms. The van der Waals surface area contributed by atoms with Crippen LogP contribution in [0.3, 0.4) is 0 Å². The van der Waals surface area contributed by atoms with Crippen molar-refractivity contribution in [2.24, 2.45) is 0 Å². The van der Waals surface area contributed by atoms with Gasteiger partial charge in [0.2, 0.25) is 0 Å². The number of fused-ring (bicyclic) bond motifs is 1. The first-order valence-corrected chi connectivity index (χ1v) is 10.8. The number of thiophene rings is 1. The third kappa shape index (κ3) is 4.14. The second-order valence-electron chi connectivity index (χ2n) is 6.85. The fourth-order valence-corrected chi connectivity index (χ4v) is 4.65. The molecule has 0 bridgehead atoms. The fraction of sp³-hybridized carbons (Fsp3) is 0.0909. The van der Waals surface area contributed by atoms with E-state index < -0.39 is 11.9 Å². The van der Waals surface area contributed by atoms with Crippen LogP contribution in [0.25, 0.3) is 10.2 Å². The summed E-state index contributed by atoms with van der Waals surface area (Å²) in [6, 6.07) is 14.1. The first-order valence-electron chi connectivity index (χ1n) is 9.22. The minimum absolute atomic E-state index is 0.0372. The molecule has 9 heteroatoms. The Kier molecular flexibility index (Phi) is 5.71. The van der Waals surface area contributed by atoms with Gasteiger partial charge in [0.1, 0.15) is 4.83 Å². The molecule has 0 aliphatic carbocycles. The maximum atomic E-state index is 13.0. The molecule has 0 fully saturated rings. The quantitative estimate of drug-likeness (QED) is 0.421. The second kappa shape index (κ2) is 8.44. The summed E-state index contributed by atoms with van der Waals surface area (Å²) in [4.78, 5) is 42.6. The van der Waals surface area contributed by atoms with Gasteiger partial charge < -0.3 is 10.4 Å². The van der Waals surface area contributed by atoms with Crippen LogP contribution in [0.1, 0.15) is 31.2 Å². The monoisotopic (exact) mass is 497 g/mol. The molecule has 0 aliphatic heterocycles. The molecular weight excluding hydrogens is 482 g/mol. The number of nitrogens with zero attached hydrogens (tertiary/aromatic N) is 2. The summed E-state index contributed by atoms with van der Waals surface area (Å²) in [7, 11) is 0. The maximum Gasteiger partial charge on any atom is 0.337 e. The predicted octanol–water partition coefficient (Wildman–Crippen LogP) is 4.53. The zero-order valence-electron chi connectivity index (χ0n) is 16.3. The molecule has 2 aromatic heterocycles. The van der Waals surface area contributed by atoms with Crippen molar-refractivity contribution in [3.8, 4) is 0 Å². The number of nitrogens with one attached hydrogen (secondary N) is 1. The summed E-state index contributed by atoms with van der Waals surface area (Å²) < 4.78 is 2.10. The van der Waals surface area contributed by atoms with Crippen LogP contribution in [0.5, 0.6) is 0 Å². The highest BCUT2D eigenvalue weighted by molar-refractivity contribution is 9.10. The fourth-order valence-electron chi connectivity index (χ4n) is 3.25. The van der Waals surface area contributed by atoms with Crippen LogP contribution in [0.4, 0.5) is 5.69 Å². The molecule has 31 heavy (non-hydrogen) atoms. The Balaban J connectivity index is 1.70. The lowest BCUT2D eigenvalue weighted by Crippen LogP contribution is -2.21. The van der Waals surface area contributed by atoms with E-state index in [-0.39, 0.29) is 16.8 Å². The Morgan fingerprint density at radius 2 is 1.94 bits per heavy atom. The molecule has 7 nitrogen and oxygen atoms in total. The van der Waals surface area contributed by atoms with Gasteiger partial charge in [-0.2, -0.15) is 0 Å². The van der Waals surface area contributed by atoms with Crippen LogP contribution in [-0.2, 0) is 6.54 Å². The molecule has 0 radical (unpaired) electrons. The highest BCUT2D eigenvalue weighted by atomic mass is 79.9. The normalized spacial score (nSPS) is 10.9. The number of carboxylic acid groups (broad SMARTS) is 1. The highest BCUT2D eigenvalue weighted by Gasteiger charge is 2.21. The van der Waals surface area contributed by atoms with E-state index >= 15 is 0 Å². The van der Waals surface area contributed by atoms with E-state index in [0.29, 0.717) is 31.7 Å². The maximum absolute atomic E-state index is 13.0. The van der Waals surface area contributed by atoms with Gasteiger partial charge in [0.15, 0.2) is 0 Å². The summed E-state index contributed by atoms with van der Waals surface area (Å²) in [6.07, 6.45) is 1.48. The van der Waals surface area contributed by atoms with Crippen molar-refractivity contribution in [1.29, 1.82) is 0 Å². The summed E-state index contributed by atoms with van der Waals surface area (Å²) in [5, 5.41) is 12.4. The lowest BCUT2D eigenvalue weighted by atomic mass is 10.1.